The van der Waals surface area contributed by atoms with Crippen LogP contribution >= 0.6 is 11.3 Å². The van der Waals surface area contributed by atoms with Gasteiger partial charge < -0.3 is 15.8 Å². The number of carbonyl (C=O) groups is 2. The van der Waals surface area contributed by atoms with Crippen LogP contribution in [-0.2, 0) is 9.53 Å². The van der Waals surface area contributed by atoms with Crippen LogP contribution in [0.3, 0.4) is 0 Å². The van der Waals surface area contributed by atoms with E-state index in [0.29, 0.717) is 17.4 Å². The van der Waals surface area contributed by atoms with Crippen LogP contribution in [0.1, 0.15) is 30.8 Å². The number of nitrogens with zero attached hydrogens (tertiary/aromatic N) is 1. The van der Waals surface area contributed by atoms with Gasteiger partial charge in [-0.25, -0.2) is 4.98 Å². The Balaban J connectivity index is 2.50. The van der Waals surface area contributed by atoms with Crippen molar-refractivity contribution in [3.8, 4) is 0 Å². The molecule has 100 valence electrons. The second-order valence-electron chi connectivity index (χ2n) is 3.66. The maximum absolute atomic E-state index is 11.7. The SMILES string of the molecule is CCOC(CN)CC(=O)Nc1nc(C(C)=O)cs1. The predicted molar refractivity (Wildman–Crippen MR) is 69.8 cm³/mol. The van der Waals surface area contributed by atoms with Crippen LogP contribution < -0.4 is 11.1 Å². The van der Waals surface area contributed by atoms with Crippen molar-refractivity contribution in [1.82, 2.24) is 4.98 Å². The quantitative estimate of drug-likeness (QED) is 0.722. The minimum Gasteiger partial charge on any atom is -0.377 e. The summed E-state index contributed by atoms with van der Waals surface area (Å²) < 4.78 is 5.29. The Kier molecular flexibility index (Phi) is 5.90. The van der Waals surface area contributed by atoms with Crippen molar-refractivity contribution in [2.24, 2.45) is 5.73 Å². The van der Waals surface area contributed by atoms with Crippen molar-refractivity contribution in [1.29, 1.82) is 0 Å². The third-order valence-corrected chi connectivity index (χ3v) is 2.95. The Morgan fingerprint density at radius 2 is 2.33 bits per heavy atom. The molecule has 3 N–H and O–H groups in total. The molecule has 0 radical (unpaired) electrons. The Morgan fingerprint density at radius 3 is 2.83 bits per heavy atom. The van der Waals surface area contributed by atoms with E-state index in [-0.39, 0.29) is 30.8 Å². The van der Waals surface area contributed by atoms with Crippen molar-refractivity contribution >= 4 is 28.2 Å². The zero-order valence-electron chi connectivity index (χ0n) is 10.4. The molecule has 0 spiro atoms. The lowest BCUT2D eigenvalue weighted by molar-refractivity contribution is -0.118. The van der Waals surface area contributed by atoms with E-state index in [1.807, 2.05) is 6.92 Å². The highest BCUT2D eigenvalue weighted by Crippen LogP contribution is 2.16. The van der Waals surface area contributed by atoms with Gasteiger partial charge in [0.2, 0.25) is 5.91 Å². The number of hydrogen-bond acceptors (Lipinski definition) is 6. The van der Waals surface area contributed by atoms with Gasteiger partial charge in [0.25, 0.3) is 0 Å². The molecule has 0 aromatic carbocycles. The first-order valence-electron chi connectivity index (χ1n) is 5.64. The predicted octanol–water partition coefficient (Wildman–Crippen LogP) is 1.04. The van der Waals surface area contributed by atoms with Gasteiger partial charge in [0.1, 0.15) is 5.69 Å². The maximum Gasteiger partial charge on any atom is 0.228 e. The molecule has 18 heavy (non-hydrogen) atoms. The first-order chi connectivity index (χ1) is 8.56. The molecule has 0 aliphatic rings. The van der Waals surface area contributed by atoms with Crippen molar-refractivity contribution in [3.63, 3.8) is 0 Å². The highest BCUT2D eigenvalue weighted by molar-refractivity contribution is 7.14. The lowest BCUT2D eigenvalue weighted by atomic mass is 10.2. The summed E-state index contributed by atoms with van der Waals surface area (Å²) in [6, 6.07) is 0. The summed E-state index contributed by atoms with van der Waals surface area (Å²) >= 11 is 1.22. The summed E-state index contributed by atoms with van der Waals surface area (Å²) in [6.07, 6.45) is -0.110. The number of Topliss-reactive ketones (excluding diaryl/α,β-unsaturated/α-hetero) is 1. The minimum atomic E-state index is -0.290. The largest absolute Gasteiger partial charge is 0.377 e. The van der Waals surface area contributed by atoms with Crippen LogP contribution in [0.15, 0.2) is 5.38 Å². The molecule has 1 aromatic heterocycles. The van der Waals surface area contributed by atoms with E-state index in [4.69, 9.17) is 10.5 Å². The maximum atomic E-state index is 11.7. The normalized spacial score (nSPS) is 12.2. The molecule has 7 heteroatoms. The lowest BCUT2D eigenvalue weighted by Gasteiger charge is -2.13. The number of rotatable bonds is 7. The Morgan fingerprint density at radius 1 is 1.61 bits per heavy atom. The molecule has 0 fully saturated rings. The van der Waals surface area contributed by atoms with E-state index < -0.39 is 0 Å². The van der Waals surface area contributed by atoms with Crippen molar-refractivity contribution < 1.29 is 14.3 Å². The number of nitrogens with one attached hydrogen (secondary N) is 1. The number of hydrogen-bond donors (Lipinski definition) is 2. The summed E-state index contributed by atoms with van der Waals surface area (Å²) in [5.41, 5.74) is 5.84. The first kappa shape index (κ1) is 14.7. The monoisotopic (exact) mass is 271 g/mol. The molecular weight excluding hydrogens is 254 g/mol. The van der Waals surface area contributed by atoms with Crippen molar-refractivity contribution in [2.45, 2.75) is 26.4 Å². The Bertz CT molecular complexity index is 419. The second kappa shape index (κ2) is 7.20. The van der Waals surface area contributed by atoms with E-state index in [1.165, 1.54) is 18.3 Å². The molecule has 0 saturated heterocycles. The lowest BCUT2D eigenvalue weighted by Crippen LogP contribution is -2.29. The fourth-order valence-electron chi connectivity index (χ4n) is 1.32. The molecule has 0 bridgehead atoms. The van der Waals surface area contributed by atoms with Crippen LogP contribution in [0.4, 0.5) is 5.13 Å². The smallest absolute Gasteiger partial charge is 0.228 e. The molecule has 6 nitrogen and oxygen atoms in total. The van der Waals surface area contributed by atoms with E-state index in [9.17, 15) is 9.59 Å². The van der Waals surface area contributed by atoms with E-state index >= 15 is 0 Å². The topological polar surface area (TPSA) is 94.3 Å². The van der Waals surface area contributed by atoms with E-state index in [1.54, 1.807) is 5.38 Å². The molecule has 0 aliphatic heterocycles. The summed E-state index contributed by atoms with van der Waals surface area (Å²) in [5, 5.41) is 4.65. The molecule has 1 atom stereocenters. The molecule has 1 unspecified atom stereocenters. The average Bonchev–Trinajstić information content (AvgIpc) is 2.77. The van der Waals surface area contributed by atoms with Gasteiger partial charge in [-0.15, -0.1) is 11.3 Å². The summed E-state index contributed by atoms with van der Waals surface area (Å²) in [4.78, 5) is 26.7. The van der Waals surface area contributed by atoms with Crippen LogP contribution in [0.2, 0.25) is 0 Å². The fourth-order valence-corrected chi connectivity index (χ4v) is 2.08. The molecule has 1 aromatic rings. The molecule has 0 saturated carbocycles. The first-order valence-corrected chi connectivity index (χ1v) is 6.52. The van der Waals surface area contributed by atoms with Crippen LogP contribution in [0, 0.1) is 0 Å². The van der Waals surface area contributed by atoms with Gasteiger partial charge >= 0.3 is 0 Å². The highest BCUT2D eigenvalue weighted by Gasteiger charge is 2.14. The van der Waals surface area contributed by atoms with Crippen molar-refractivity contribution in [3.05, 3.63) is 11.1 Å². The molecular formula is C11H17N3O3S. The fraction of sp³-hybridized carbons (Fsp3) is 0.545. The number of ether oxygens (including phenoxy) is 1. The van der Waals surface area contributed by atoms with Crippen LogP contribution in [0.25, 0.3) is 0 Å². The number of amides is 1. The van der Waals surface area contributed by atoms with Crippen LogP contribution in [-0.4, -0.2) is 35.9 Å². The van der Waals surface area contributed by atoms with Gasteiger partial charge in [-0.2, -0.15) is 0 Å². The average molecular weight is 271 g/mol. The van der Waals surface area contributed by atoms with E-state index in [0.717, 1.165) is 0 Å². The molecule has 1 heterocycles. The van der Waals surface area contributed by atoms with Gasteiger partial charge in [0.15, 0.2) is 10.9 Å². The Labute approximate surface area is 110 Å². The number of thiazole rings is 1. The Hall–Kier alpha value is -1.31. The second-order valence-corrected chi connectivity index (χ2v) is 4.52. The van der Waals surface area contributed by atoms with Gasteiger partial charge in [0.05, 0.1) is 12.5 Å². The van der Waals surface area contributed by atoms with Gasteiger partial charge in [-0.1, -0.05) is 0 Å². The third kappa shape index (κ3) is 4.52. The number of aromatic nitrogens is 1. The van der Waals surface area contributed by atoms with Gasteiger partial charge in [-0.05, 0) is 6.92 Å². The minimum absolute atomic E-state index is 0.124. The van der Waals surface area contributed by atoms with Gasteiger partial charge in [0, 0.05) is 25.5 Å². The molecule has 1 amide bonds. The van der Waals surface area contributed by atoms with Gasteiger partial charge in [-0.3, -0.25) is 9.59 Å². The zero-order valence-corrected chi connectivity index (χ0v) is 11.3. The molecule has 1 rings (SSSR count). The zero-order chi connectivity index (χ0) is 13.5. The number of anilines is 1. The van der Waals surface area contributed by atoms with Crippen LogP contribution in [0.5, 0.6) is 0 Å². The number of nitrogens with two attached hydrogens (primary N) is 1. The highest BCUT2D eigenvalue weighted by atomic mass is 32.1. The number of ketones is 1. The summed E-state index contributed by atoms with van der Waals surface area (Å²) in [7, 11) is 0. The third-order valence-electron chi connectivity index (χ3n) is 2.19. The summed E-state index contributed by atoms with van der Waals surface area (Å²) in [6.45, 7) is 4.08. The van der Waals surface area contributed by atoms with Crippen molar-refractivity contribution in [2.75, 3.05) is 18.5 Å². The molecule has 0 aliphatic carbocycles. The summed E-state index contributed by atoms with van der Waals surface area (Å²) in [5.74, 6) is -0.343. The van der Waals surface area contributed by atoms with E-state index in [2.05, 4.69) is 10.3 Å². The number of carbonyl (C=O) groups excluding carboxylic acids is 2. The standard InChI is InChI=1S/C11H17N3O3S/c1-3-17-8(5-12)4-10(16)14-11-13-9(6-18-11)7(2)15/h6,8H,3-5,12H2,1-2H3,(H,13,14,16).